The van der Waals surface area contributed by atoms with Gasteiger partial charge in [0.25, 0.3) is 0 Å². The maximum atomic E-state index is 9.57. The fourth-order valence-corrected chi connectivity index (χ4v) is 1.77. The molecule has 2 fully saturated rings. The third-order valence-corrected chi connectivity index (χ3v) is 2.44. The first-order valence-electron chi connectivity index (χ1n) is 3.84. The highest BCUT2D eigenvalue weighted by Gasteiger charge is 2.35. The fraction of sp³-hybridized carbons (Fsp3) is 1.00. The van der Waals surface area contributed by atoms with Gasteiger partial charge in [-0.2, -0.15) is 0 Å². The predicted octanol–water partition coefficient (Wildman–Crippen LogP) is -0.787. The van der Waals surface area contributed by atoms with Gasteiger partial charge in [-0.05, 0) is 0 Å². The van der Waals surface area contributed by atoms with Gasteiger partial charge in [-0.15, -0.1) is 0 Å². The first-order valence-corrected chi connectivity index (χ1v) is 3.84. The minimum atomic E-state index is -0.116. The summed E-state index contributed by atoms with van der Waals surface area (Å²) in [5.41, 5.74) is 0. The van der Waals surface area contributed by atoms with Crippen molar-refractivity contribution in [2.45, 2.75) is 6.10 Å². The Morgan fingerprint density at radius 2 is 1.80 bits per heavy atom. The maximum Gasteiger partial charge on any atom is 0.0664 e. The molecule has 0 amide bonds. The zero-order valence-electron chi connectivity index (χ0n) is 5.92. The summed E-state index contributed by atoms with van der Waals surface area (Å²) >= 11 is 0. The van der Waals surface area contributed by atoms with E-state index in [-0.39, 0.29) is 6.10 Å². The molecule has 58 valence electrons. The minimum absolute atomic E-state index is 0.116. The van der Waals surface area contributed by atoms with Gasteiger partial charge in [-0.3, -0.25) is 0 Å². The second kappa shape index (κ2) is 2.49. The van der Waals surface area contributed by atoms with Crippen LogP contribution in [0.3, 0.4) is 0 Å². The molecule has 2 heterocycles. The summed E-state index contributed by atoms with van der Waals surface area (Å²) in [6.45, 7) is 3.28. The Bertz CT molecular complexity index is 107. The summed E-state index contributed by atoms with van der Waals surface area (Å²) < 4.78 is 5.31. The van der Waals surface area contributed by atoms with Gasteiger partial charge >= 0.3 is 0 Å². The normalized spacial score (nSPS) is 47.1. The highest BCUT2D eigenvalue weighted by atomic mass is 16.5. The molecule has 3 heteroatoms. The Labute approximate surface area is 60.4 Å². The molecule has 0 aliphatic carbocycles. The molecular weight excluding hydrogens is 130 g/mol. The van der Waals surface area contributed by atoms with Gasteiger partial charge in [-0.1, -0.05) is 0 Å². The molecule has 3 nitrogen and oxygen atoms in total. The van der Waals surface area contributed by atoms with Gasteiger partial charge in [0.1, 0.15) is 0 Å². The van der Waals surface area contributed by atoms with Crippen LogP contribution in [0.2, 0.25) is 0 Å². The number of aliphatic hydroxyl groups excluding tert-OH is 1. The van der Waals surface area contributed by atoms with Crippen molar-refractivity contribution in [2.75, 3.05) is 26.3 Å². The van der Waals surface area contributed by atoms with E-state index in [2.05, 4.69) is 5.32 Å². The van der Waals surface area contributed by atoms with Crippen molar-refractivity contribution < 1.29 is 9.84 Å². The standard InChI is InChI=1S/C7H13NO2/c9-7-5-1-8-2-6(7)4-10-3-5/h5-9H,1-4H2/t5-,6-/m1/s1. The van der Waals surface area contributed by atoms with E-state index in [9.17, 15) is 5.11 Å². The molecule has 2 atom stereocenters. The summed E-state index contributed by atoms with van der Waals surface area (Å²) in [5, 5.41) is 12.8. The fourth-order valence-electron chi connectivity index (χ4n) is 1.77. The molecule has 0 aromatic heterocycles. The largest absolute Gasteiger partial charge is 0.392 e. The maximum absolute atomic E-state index is 9.57. The Morgan fingerprint density at radius 3 is 2.30 bits per heavy atom. The summed E-state index contributed by atoms with van der Waals surface area (Å²) in [7, 11) is 0. The van der Waals surface area contributed by atoms with Crippen LogP contribution in [0.15, 0.2) is 0 Å². The molecule has 2 bridgehead atoms. The van der Waals surface area contributed by atoms with Crippen LogP contribution in [0.1, 0.15) is 0 Å². The van der Waals surface area contributed by atoms with Crippen LogP contribution in [0.25, 0.3) is 0 Å². The third-order valence-electron chi connectivity index (χ3n) is 2.44. The van der Waals surface area contributed by atoms with Gasteiger partial charge in [0.05, 0.1) is 19.3 Å². The Hall–Kier alpha value is -0.120. The lowest BCUT2D eigenvalue weighted by Crippen LogP contribution is -2.53. The number of aliphatic hydroxyl groups is 1. The highest BCUT2D eigenvalue weighted by Crippen LogP contribution is 2.22. The summed E-state index contributed by atoms with van der Waals surface area (Å²) in [6, 6.07) is 0. The molecule has 2 saturated heterocycles. The van der Waals surface area contributed by atoms with E-state index in [0.29, 0.717) is 11.8 Å². The predicted molar refractivity (Wildman–Crippen MR) is 36.7 cm³/mol. The Morgan fingerprint density at radius 1 is 1.20 bits per heavy atom. The van der Waals surface area contributed by atoms with Crippen molar-refractivity contribution in [1.29, 1.82) is 0 Å². The summed E-state index contributed by atoms with van der Waals surface area (Å²) in [4.78, 5) is 0. The number of hydrogen-bond donors (Lipinski definition) is 2. The average molecular weight is 143 g/mol. The molecule has 0 radical (unpaired) electrons. The number of rotatable bonds is 0. The van der Waals surface area contributed by atoms with Gasteiger partial charge in [0.15, 0.2) is 0 Å². The molecule has 0 unspecified atom stereocenters. The first kappa shape index (κ1) is 6.58. The van der Waals surface area contributed by atoms with Crippen molar-refractivity contribution in [1.82, 2.24) is 5.32 Å². The van der Waals surface area contributed by atoms with E-state index >= 15 is 0 Å². The molecule has 0 spiro atoms. The van der Waals surface area contributed by atoms with E-state index in [0.717, 1.165) is 26.3 Å². The number of fused-ring (bicyclic) bond motifs is 2. The van der Waals surface area contributed by atoms with E-state index in [4.69, 9.17) is 4.74 Å². The quantitative estimate of drug-likeness (QED) is 0.467. The second-order valence-corrected chi connectivity index (χ2v) is 3.21. The highest BCUT2D eigenvalue weighted by molar-refractivity contribution is 4.87. The molecule has 0 aromatic carbocycles. The number of hydrogen-bond acceptors (Lipinski definition) is 3. The lowest BCUT2D eigenvalue weighted by molar-refractivity contribution is -0.0935. The topological polar surface area (TPSA) is 41.5 Å². The zero-order chi connectivity index (χ0) is 6.97. The van der Waals surface area contributed by atoms with Crippen LogP contribution in [0.4, 0.5) is 0 Å². The first-order chi connectivity index (χ1) is 4.88. The van der Waals surface area contributed by atoms with Crippen molar-refractivity contribution in [3.8, 4) is 0 Å². The third kappa shape index (κ3) is 0.944. The second-order valence-electron chi connectivity index (χ2n) is 3.21. The minimum Gasteiger partial charge on any atom is -0.392 e. The lowest BCUT2D eigenvalue weighted by Gasteiger charge is -2.39. The van der Waals surface area contributed by atoms with E-state index in [1.54, 1.807) is 0 Å². The number of nitrogens with one attached hydrogen (secondary N) is 1. The van der Waals surface area contributed by atoms with E-state index in [1.807, 2.05) is 0 Å². The van der Waals surface area contributed by atoms with Crippen molar-refractivity contribution in [2.24, 2.45) is 11.8 Å². The lowest BCUT2D eigenvalue weighted by atomic mass is 9.86. The van der Waals surface area contributed by atoms with Crippen molar-refractivity contribution in [3.63, 3.8) is 0 Å². The molecular formula is C7H13NO2. The molecule has 2 aliphatic rings. The molecule has 10 heavy (non-hydrogen) atoms. The number of ether oxygens (including phenoxy) is 1. The monoisotopic (exact) mass is 143 g/mol. The van der Waals surface area contributed by atoms with Crippen LogP contribution in [0, 0.1) is 11.8 Å². The Balaban J connectivity index is 2.05. The van der Waals surface area contributed by atoms with Crippen LogP contribution in [-0.4, -0.2) is 37.5 Å². The van der Waals surface area contributed by atoms with Crippen LogP contribution < -0.4 is 5.32 Å². The van der Waals surface area contributed by atoms with Gasteiger partial charge in [0, 0.05) is 24.9 Å². The van der Waals surface area contributed by atoms with Gasteiger partial charge in [0.2, 0.25) is 0 Å². The van der Waals surface area contributed by atoms with E-state index < -0.39 is 0 Å². The van der Waals surface area contributed by atoms with Gasteiger partial charge < -0.3 is 15.2 Å². The molecule has 0 aromatic rings. The smallest absolute Gasteiger partial charge is 0.0664 e. The van der Waals surface area contributed by atoms with Crippen molar-refractivity contribution in [3.05, 3.63) is 0 Å². The molecule has 2 aliphatic heterocycles. The van der Waals surface area contributed by atoms with Crippen molar-refractivity contribution >= 4 is 0 Å². The average Bonchev–Trinajstić information content (AvgIpc) is 1.86. The van der Waals surface area contributed by atoms with Crippen LogP contribution in [-0.2, 0) is 4.74 Å². The molecule has 2 rings (SSSR count). The Kier molecular flexibility index (Phi) is 1.64. The molecule has 2 N–H and O–H groups in total. The van der Waals surface area contributed by atoms with Crippen LogP contribution >= 0.6 is 0 Å². The summed E-state index contributed by atoms with van der Waals surface area (Å²) in [5.74, 6) is 0.681. The summed E-state index contributed by atoms with van der Waals surface area (Å²) in [6.07, 6.45) is -0.116. The van der Waals surface area contributed by atoms with E-state index in [1.165, 1.54) is 0 Å². The van der Waals surface area contributed by atoms with Gasteiger partial charge in [-0.25, -0.2) is 0 Å². The zero-order valence-corrected chi connectivity index (χ0v) is 5.92. The number of piperidine rings is 1. The van der Waals surface area contributed by atoms with Crippen LogP contribution in [0.5, 0.6) is 0 Å². The SMILES string of the molecule is OC1[C@@H]2CNC[C@@H]1COC2. The molecule has 0 saturated carbocycles.